The van der Waals surface area contributed by atoms with Crippen molar-refractivity contribution >= 4 is 21.9 Å². The van der Waals surface area contributed by atoms with Crippen molar-refractivity contribution in [3.8, 4) is 0 Å². The molecule has 1 rings (SSSR count). The normalized spacial score (nSPS) is 11.2. The Labute approximate surface area is 111 Å². The maximum Gasteiger partial charge on any atom is 0.335 e. The van der Waals surface area contributed by atoms with E-state index in [9.17, 15) is 4.79 Å². The van der Waals surface area contributed by atoms with Crippen molar-refractivity contribution in [1.82, 2.24) is 4.90 Å². The van der Waals surface area contributed by atoms with Gasteiger partial charge < -0.3 is 10.0 Å². The Bertz CT molecular complexity index is 404. The molecule has 0 aliphatic heterocycles. The van der Waals surface area contributed by atoms with Crippen LogP contribution in [0.2, 0.25) is 0 Å². The molecule has 17 heavy (non-hydrogen) atoms. The summed E-state index contributed by atoms with van der Waals surface area (Å²) >= 11 is 3.42. The van der Waals surface area contributed by atoms with Gasteiger partial charge in [0, 0.05) is 17.6 Å². The molecule has 4 heteroatoms. The third kappa shape index (κ3) is 4.48. The van der Waals surface area contributed by atoms with Gasteiger partial charge in [0.1, 0.15) is 0 Å². The first kappa shape index (κ1) is 14.2. The van der Waals surface area contributed by atoms with Crippen LogP contribution in [0.4, 0.5) is 0 Å². The minimum absolute atomic E-state index is 0.312. The molecular formula is C13H18BrNO2. The van der Waals surface area contributed by atoms with Gasteiger partial charge in [0.05, 0.1) is 5.56 Å². The van der Waals surface area contributed by atoms with E-state index in [1.165, 1.54) is 0 Å². The largest absolute Gasteiger partial charge is 0.478 e. The number of carboxylic acid groups (broad SMARTS) is 1. The molecule has 94 valence electrons. The van der Waals surface area contributed by atoms with Gasteiger partial charge in [0.15, 0.2) is 0 Å². The predicted molar refractivity (Wildman–Crippen MR) is 72.3 cm³/mol. The van der Waals surface area contributed by atoms with Gasteiger partial charge >= 0.3 is 5.97 Å². The smallest absolute Gasteiger partial charge is 0.335 e. The molecule has 0 amide bonds. The molecule has 1 N–H and O–H groups in total. The highest BCUT2D eigenvalue weighted by molar-refractivity contribution is 9.10. The first-order chi connectivity index (χ1) is 7.90. The van der Waals surface area contributed by atoms with E-state index in [1.807, 2.05) is 6.07 Å². The van der Waals surface area contributed by atoms with Gasteiger partial charge in [-0.25, -0.2) is 4.79 Å². The Hall–Kier alpha value is -0.870. The number of halogens is 1. The molecule has 0 aliphatic rings. The number of nitrogens with zero attached hydrogens (tertiary/aromatic N) is 1. The lowest BCUT2D eigenvalue weighted by Gasteiger charge is -2.19. The summed E-state index contributed by atoms with van der Waals surface area (Å²) < 4.78 is 0.855. The topological polar surface area (TPSA) is 40.5 Å². The van der Waals surface area contributed by atoms with Crippen molar-refractivity contribution in [2.45, 2.75) is 20.4 Å². The molecule has 1 aromatic rings. The summed E-state index contributed by atoms with van der Waals surface area (Å²) in [6.45, 7) is 6.20. The third-order valence-corrected chi connectivity index (χ3v) is 3.16. The Balaban J connectivity index is 2.75. The van der Waals surface area contributed by atoms with E-state index in [0.717, 1.165) is 23.1 Å². The average Bonchev–Trinajstić information content (AvgIpc) is 2.19. The second kappa shape index (κ2) is 6.17. The fraction of sp³-hybridized carbons (Fsp3) is 0.462. The van der Waals surface area contributed by atoms with Gasteiger partial charge in [-0.2, -0.15) is 0 Å². The maximum atomic E-state index is 10.8. The van der Waals surface area contributed by atoms with Crippen molar-refractivity contribution in [2.75, 3.05) is 13.6 Å². The number of hydrogen-bond donors (Lipinski definition) is 1. The zero-order valence-electron chi connectivity index (χ0n) is 10.4. The first-order valence-corrected chi connectivity index (χ1v) is 6.39. The summed E-state index contributed by atoms with van der Waals surface area (Å²) in [5.41, 5.74) is 1.42. The molecular weight excluding hydrogens is 282 g/mol. The molecule has 0 bridgehead atoms. The lowest BCUT2D eigenvalue weighted by atomic mass is 10.1. The van der Waals surface area contributed by atoms with E-state index in [2.05, 4.69) is 41.7 Å². The Kier molecular flexibility index (Phi) is 5.15. The molecule has 0 radical (unpaired) electrons. The fourth-order valence-corrected chi connectivity index (χ4v) is 2.29. The fourth-order valence-electron chi connectivity index (χ4n) is 1.79. The van der Waals surface area contributed by atoms with Gasteiger partial charge in [-0.05, 0) is 30.7 Å². The summed E-state index contributed by atoms with van der Waals surface area (Å²) in [7, 11) is 2.07. The highest BCUT2D eigenvalue weighted by Gasteiger charge is 2.09. The molecule has 0 atom stereocenters. The monoisotopic (exact) mass is 299 g/mol. The highest BCUT2D eigenvalue weighted by Crippen LogP contribution is 2.20. The van der Waals surface area contributed by atoms with Crippen LogP contribution < -0.4 is 0 Å². The molecule has 0 heterocycles. The SMILES string of the molecule is CC(C)CN(C)Cc1ccc(C(=O)O)cc1Br. The standard InChI is InChI=1S/C13H18BrNO2/c1-9(2)7-15(3)8-11-5-4-10(13(16)17)6-12(11)14/h4-6,9H,7-8H2,1-3H3,(H,16,17). The van der Waals surface area contributed by atoms with Gasteiger partial charge in [-0.3, -0.25) is 0 Å². The van der Waals surface area contributed by atoms with Gasteiger partial charge in [0.25, 0.3) is 0 Å². The summed E-state index contributed by atoms with van der Waals surface area (Å²) in [5, 5.41) is 8.87. The molecule has 1 aromatic carbocycles. The summed E-state index contributed by atoms with van der Waals surface area (Å²) in [5.74, 6) is -0.273. The third-order valence-electron chi connectivity index (χ3n) is 2.42. The molecule has 0 aliphatic carbocycles. The number of aromatic carboxylic acids is 1. The van der Waals surface area contributed by atoms with Crippen LogP contribution in [-0.4, -0.2) is 29.6 Å². The molecule has 0 saturated heterocycles. The van der Waals surface area contributed by atoms with E-state index >= 15 is 0 Å². The molecule has 0 fully saturated rings. The second-order valence-corrected chi connectivity index (χ2v) is 5.56. The van der Waals surface area contributed by atoms with E-state index in [0.29, 0.717) is 11.5 Å². The Morgan fingerprint density at radius 3 is 2.59 bits per heavy atom. The Morgan fingerprint density at radius 1 is 1.47 bits per heavy atom. The zero-order chi connectivity index (χ0) is 13.0. The molecule has 0 spiro atoms. The average molecular weight is 300 g/mol. The van der Waals surface area contributed by atoms with Crippen LogP contribution in [0, 0.1) is 5.92 Å². The highest BCUT2D eigenvalue weighted by atomic mass is 79.9. The van der Waals surface area contributed by atoms with E-state index < -0.39 is 5.97 Å². The summed E-state index contributed by atoms with van der Waals surface area (Å²) in [6.07, 6.45) is 0. The number of benzene rings is 1. The van der Waals surface area contributed by atoms with E-state index in [-0.39, 0.29) is 0 Å². The van der Waals surface area contributed by atoms with Crippen molar-refractivity contribution in [3.05, 3.63) is 33.8 Å². The minimum atomic E-state index is -0.896. The zero-order valence-corrected chi connectivity index (χ0v) is 12.0. The quantitative estimate of drug-likeness (QED) is 0.907. The lowest BCUT2D eigenvalue weighted by molar-refractivity contribution is 0.0697. The lowest BCUT2D eigenvalue weighted by Crippen LogP contribution is -2.22. The van der Waals surface area contributed by atoms with E-state index in [1.54, 1.807) is 12.1 Å². The van der Waals surface area contributed by atoms with Crippen LogP contribution in [0.15, 0.2) is 22.7 Å². The van der Waals surface area contributed by atoms with Crippen LogP contribution in [-0.2, 0) is 6.54 Å². The van der Waals surface area contributed by atoms with Crippen LogP contribution in [0.1, 0.15) is 29.8 Å². The Morgan fingerprint density at radius 2 is 2.12 bits per heavy atom. The predicted octanol–water partition coefficient (Wildman–Crippen LogP) is 3.24. The first-order valence-electron chi connectivity index (χ1n) is 5.60. The van der Waals surface area contributed by atoms with Crippen LogP contribution >= 0.6 is 15.9 Å². The minimum Gasteiger partial charge on any atom is -0.478 e. The number of carbonyl (C=O) groups is 1. The van der Waals surface area contributed by atoms with Crippen molar-refractivity contribution in [2.24, 2.45) is 5.92 Å². The van der Waals surface area contributed by atoms with Crippen LogP contribution in [0.25, 0.3) is 0 Å². The number of carboxylic acids is 1. The number of hydrogen-bond acceptors (Lipinski definition) is 2. The molecule has 0 saturated carbocycles. The summed E-state index contributed by atoms with van der Waals surface area (Å²) in [4.78, 5) is 13.0. The van der Waals surface area contributed by atoms with Crippen molar-refractivity contribution in [1.29, 1.82) is 0 Å². The number of rotatable bonds is 5. The van der Waals surface area contributed by atoms with Gasteiger partial charge in [-0.15, -0.1) is 0 Å². The van der Waals surface area contributed by atoms with Gasteiger partial charge in [-0.1, -0.05) is 35.8 Å². The van der Waals surface area contributed by atoms with E-state index in [4.69, 9.17) is 5.11 Å². The van der Waals surface area contributed by atoms with Crippen LogP contribution in [0.3, 0.4) is 0 Å². The maximum absolute atomic E-state index is 10.8. The second-order valence-electron chi connectivity index (χ2n) is 4.70. The summed E-state index contributed by atoms with van der Waals surface area (Å²) in [6, 6.07) is 5.16. The van der Waals surface area contributed by atoms with Crippen LogP contribution in [0.5, 0.6) is 0 Å². The van der Waals surface area contributed by atoms with Crippen molar-refractivity contribution < 1.29 is 9.90 Å². The molecule has 3 nitrogen and oxygen atoms in total. The molecule has 0 aromatic heterocycles. The van der Waals surface area contributed by atoms with Crippen molar-refractivity contribution in [3.63, 3.8) is 0 Å². The molecule has 0 unspecified atom stereocenters. The van der Waals surface area contributed by atoms with Gasteiger partial charge in [0.2, 0.25) is 0 Å².